The normalized spacial score (nSPS) is 19.3. The van der Waals surface area contributed by atoms with Crippen LogP contribution in [0.1, 0.15) is 13.8 Å². The molecule has 0 aromatic heterocycles. The van der Waals surface area contributed by atoms with E-state index in [2.05, 4.69) is 10.2 Å². The van der Waals surface area contributed by atoms with Gasteiger partial charge in [0.25, 0.3) is 0 Å². The molecule has 1 fully saturated rings. The van der Waals surface area contributed by atoms with Gasteiger partial charge in [0.15, 0.2) is 0 Å². The van der Waals surface area contributed by atoms with Crippen LogP contribution in [0.4, 0.5) is 0 Å². The first kappa shape index (κ1) is 13.1. The Morgan fingerprint density at radius 2 is 1.73 bits per heavy atom. The molecule has 0 saturated carbocycles. The lowest BCUT2D eigenvalue weighted by Crippen LogP contribution is -2.40. The Kier molecular flexibility index (Phi) is 5.79. The average molecular weight is 235 g/mol. The minimum atomic E-state index is -2.90. The van der Waals surface area contributed by atoms with E-state index in [4.69, 9.17) is 9.05 Å². The second kappa shape index (κ2) is 6.61. The van der Waals surface area contributed by atoms with E-state index in [1.54, 1.807) is 0 Å². The molecule has 0 aromatic carbocycles. The number of nitrogens with zero attached hydrogens (tertiary/aromatic N) is 2. The molecule has 0 bridgehead atoms. The third kappa shape index (κ3) is 4.62. The summed E-state index contributed by atoms with van der Waals surface area (Å²) in [5.74, 6) is 0. The molecule has 0 aromatic rings. The lowest BCUT2D eigenvalue weighted by molar-refractivity contribution is 0.188. The highest BCUT2D eigenvalue weighted by Gasteiger charge is 2.27. The summed E-state index contributed by atoms with van der Waals surface area (Å²) in [5.41, 5.74) is 0. The van der Waals surface area contributed by atoms with Crippen LogP contribution in [0.5, 0.6) is 0 Å². The Hall–Kier alpha value is 0.0700. The molecule has 1 aliphatic rings. The summed E-state index contributed by atoms with van der Waals surface area (Å²) >= 11 is 0. The van der Waals surface area contributed by atoms with E-state index in [-0.39, 0.29) is 0 Å². The van der Waals surface area contributed by atoms with Crippen LogP contribution in [0.2, 0.25) is 0 Å². The number of hydrogen-bond acceptors (Lipinski definition) is 4. The molecule has 0 atom stereocenters. The Morgan fingerprint density at radius 1 is 1.20 bits per heavy atom. The molecule has 0 aliphatic carbocycles. The van der Waals surface area contributed by atoms with Crippen LogP contribution in [-0.4, -0.2) is 50.6 Å². The van der Waals surface area contributed by atoms with E-state index >= 15 is 0 Å². The Labute approximate surface area is 91.7 Å². The SMILES string of the molecule is CCOP(=O)(CN1CC[N]CC1)OCC. The van der Waals surface area contributed by atoms with Crippen molar-refractivity contribution in [3.8, 4) is 0 Å². The molecule has 5 nitrogen and oxygen atoms in total. The van der Waals surface area contributed by atoms with E-state index in [0.717, 1.165) is 26.2 Å². The van der Waals surface area contributed by atoms with Crippen LogP contribution >= 0.6 is 7.60 Å². The van der Waals surface area contributed by atoms with E-state index in [9.17, 15) is 4.57 Å². The average Bonchev–Trinajstić information content (AvgIpc) is 2.19. The molecule has 1 aliphatic heterocycles. The Balaban J connectivity index is 2.45. The molecule has 0 unspecified atom stereocenters. The molecule has 15 heavy (non-hydrogen) atoms. The molecular weight excluding hydrogens is 215 g/mol. The van der Waals surface area contributed by atoms with Gasteiger partial charge in [-0.2, -0.15) is 0 Å². The molecule has 1 saturated heterocycles. The van der Waals surface area contributed by atoms with Gasteiger partial charge in [0.2, 0.25) is 0 Å². The van der Waals surface area contributed by atoms with Gasteiger partial charge in [-0.1, -0.05) is 0 Å². The highest BCUT2D eigenvalue weighted by Crippen LogP contribution is 2.48. The third-order valence-corrected chi connectivity index (χ3v) is 4.22. The predicted molar refractivity (Wildman–Crippen MR) is 59.2 cm³/mol. The van der Waals surface area contributed by atoms with Gasteiger partial charge in [-0.3, -0.25) is 9.46 Å². The molecule has 0 amide bonds. The van der Waals surface area contributed by atoms with Crippen molar-refractivity contribution in [2.75, 3.05) is 45.7 Å². The first-order chi connectivity index (χ1) is 7.20. The van der Waals surface area contributed by atoms with Crippen molar-refractivity contribution in [1.82, 2.24) is 10.2 Å². The minimum absolute atomic E-state index is 0.393. The molecule has 0 spiro atoms. The van der Waals surface area contributed by atoms with Crippen molar-refractivity contribution >= 4 is 7.60 Å². The van der Waals surface area contributed by atoms with Gasteiger partial charge in [0, 0.05) is 26.2 Å². The summed E-state index contributed by atoms with van der Waals surface area (Å²) in [6, 6.07) is 0. The quantitative estimate of drug-likeness (QED) is 0.647. The molecule has 6 heteroatoms. The first-order valence-electron chi connectivity index (χ1n) is 5.44. The Bertz CT molecular complexity index is 209. The van der Waals surface area contributed by atoms with E-state index in [1.165, 1.54) is 0 Å². The Morgan fingerprint density at radius 3 is 2.20 bits per heavy atom. The summed E-state index contributed by atoms with van der Waals surface area (Å²) in [5, 5.41) is 4.24. The van der Waals surface area contributed by atoms with Crippen LogP contribution in [0.3, 0.4) is 0 Å². The van der Waals surface area contributed by atoms with Crippen molar-refractivity contribution in [2.24, 2.45) is 0 Å². The molecule has 89 valence electrons. The van der Waals surface area contributed by atoms with E-state index in [0.29, 0.717) is 19.5 Å². The molecule has 1 rings (SSSR count). The number of hydrogen-bond donors (Lipinski definition) is 0. The van der Waals surface area contributed by atoms with Crippen molar-refractivity contribution in [3.63, 3.8) is 0 Å². The van der Waals surface area contributed by atoms with E-state index in [1.807, 2.05) is 13.8 Å². The van der Waals surface area contributed by atoms with Crippen LogP contribution in [0.25, 0.3) is 0 Å². The summed E-state index contributed by atoms with van der Waals surface area (Å²) in [6.07, 6.45) is 0.393. The summed E-state index contributed by atoms with van der Waals surface area (Å²) in [7, 11) is -2.90. The maximum Gasteiger partial charge on any atom is 0.344 e. The van der Waals surface area contributed by atoms with Gasteiger partial charge in [-0.25, -0.2) is 5.32 Å². The van der Waals surface area contributed by atoms with Crippen LogP contribution in [-0.2, 0) is 13.6 Å². The molecule has 0 N–H and O–H groups in total. The van der Waals surface area contributed by atoms with Crippen molar-refractivity contribution in [1.29, 1.82) is 0 Å². The zero-order chi connectivity index (χ0) is 11.1. The lowest BCUT2D eigenvalue weighted by atomic mass is 10.4. The molecule has 1 heterocycles. The van der Waals surface area contributed by atoms with Gasteiger partial charge in [0.05, 0.1) is 13.2 Å². The third-order valence-electron chi connectivity index (χ3n) is 2.17. The second-order valence-electron chi connectivity index (χ2n) is 3.38. The van der Waals surface area contributed by atoms with E-state index < -0.39 is 7.60 Å². The maximum atomic E-state index is 12.2. The zero-order valence-corrected chi connectivity index (χ0v) is 10.4. The topological polar surface area (TPSA) is 52.9 Å². The van der Waals surface area contributed by atoms with Crippen molar-refractivity contribution < 1.29 is 13.6 Å². The standard InChI is InChI=1S/C9H20N2O3P/c1-3-13-15(12,14-4-2)9-11-7-5-10-6-8-11/h3-9H2,1-2H3. The smallest absolute Gasteiger partial charge is 0.308 e. The predicted octanol–water partition coefficient (Wildman–Crippen LogP) is 1.13. The minimum Gasteiger partial charge on any atom is -0.308 e. The van der Waals surface area contributed by atoms with Crippen molar-refractivity contribution in [2.45, 2.75) is 13.8 Å². The van der Waals surface area contributed by atoms with Crippen LogP contribution < -0.4 is 5.32 Å². The molecule has 1 radical (unpaired) electrons. The fraction of sp³-hybridized carbons (Fsp3) is 1.00. The fourth-order valence-corrected chi connectivity index (χ4v) is 3.34. The fourth-order valence-electron chi connectivity index (χ4n) is 1.55. The van der Waals surface area contributed by atoms with Gasteiger partial charge >= 0.3 is 7.60 Å². The second-order valence-corrected chi connectivity index (χ2v) is 5.40. The van der Waals surface area contributed by atoms with Crippen LogP contribution in [0, 0.1) is 0 Å². The van der Waals surface area contributed by atoms with Gasteiger partial charge in [-0.05, 0) is 13.8 Å². The summed E-state index contributed by atoms with van der Waals surface area (Å²) in [6.45, 7) is 7.85. The highest BCUT2D eigenvalue weighted by molar-refractivity contribution is 7.53. The van der Waals surface area contributed by atoms with Crippen molar-refractivity contribution in [3.05, 3.63) is 0 Å². The number of piperazine rings is 1. The molecular formula is C9H20N2O3P. The van der Waals surface area contributed by atoms with Gasteiger partial charge in [0.1, 0.15) is 6.29 Å². The number of rotatable bonds is 6. The highest BCUT2D eigenvalue weighted by atomic mass is 31.2. The maximum absolute atomic E-state index is 12.2. The monoisotopic (exact) mass is 235 g/mol. The van der Waals surface area contributed by atoms with Crippen LogP contribution in [0.15, 0.2) is 0 Å². The van der Waals surface area contributed by atoms with Gasteiger partial charge in [-0.15, -0.1) is 0 Å². The zero-order valence-electron chi connectivity index (χ0n) is 9.52. The largest absolute Gasteiger partial charge is 0.344 e. The lowest BCUT2D eigenvalue weighted by Gasteiger charge is -2.29. The summed E-state index contributed by atoms with van der Waals surface area (Å²) < 4.78 is 22.6. The first-order valence-corrected chi connectivity index (χ1v) is 7.16. The summed E-state index contributed by atoms with van der Waals surface area (Å²) in [4.78, 5) is 2.10. The van der Waals surface area contributed by atoms with Gasteiger partial charge < -0.3 is 9.05 Å².